The van der Waals surface area contributed by atoms with Crippen molar-refractivity contribution >= 4 is 27.5 Å². The maximum Gasteiger partial charge on any atom is 0.263 e. The van der Waals surface area contributed by atoms with Crippen LogP contribution in [-0.2, 0) is 11.3 Å². The van der Waals surface area contributed by atoms with Crippen molar-refractivity contribution in [2.75, 3.05) is 0 Å². The number of nitrogens with zero attached hydrogens (tertiary/aromatic N) is 2. The maximum absolute atomic E-state index is 13.2. The van der Waals surface area contributed by atoms with Crippen LogP contribution in [0.3, 0.4) is 0 Å². The van der Waals surface area contributed by atoms with Crippen molar-refractivity contribution in [1.82, 2.24) is 14.9 Å². The van der Waals surface area contributed by atoms with Crippen LogP contribution in [0.2, 0.25) is 0 Å². The van der Waals surface area contributed by atoms with Crippen molar-refractivity contribution in [2.24, 2.45) is 0 Å². The molecular formula is C24H23N3O2S. The minimum atomic E-state index is -0.197. The lowest BCUT2D eigenvalue weighted by atomic mass is 10.0. The number of benzene rings is 2. The Labute approximate surface area is 179 Å². The van der Waals surface area contributed by atoms with Gasteiger partial charge in [-0.25, -0.2) is 4.98 Å². The lowest BCUT2D eigenvalue weighted by Gasteiger charge is -2.19. The van der Waals surface area contributed by atoms with E-state index in [1.165, 1.54) is 22.2 Å². The van der Waals surface area contributed by atoms with Gasteiger partial charge in [0.1, 0.15) is 11.4 Å². The molecule has 0 aliphatic rings. The predicted octanol–water partition coefficient (Wildman–Crippen LogP) is 4.78. The smallest absolute Gasteiger partial charge is 0.263 e. The highest BCUT2D eigenvalue weighted by Crippen LogP contribution is 2.30. The zero-order valence-electron chi connectivity index (χ0n) is 16.7. The Morgan fingerprint density at radius 1 is 1.10 bits per heavy atom. The van der Waals surface area contributed by atoms with Crippen LogP contribution in [0.25, 0.3) is 21.3 Å². The quantitative estimate of drug-likeness (QED) is 0.471. The van der Waals surface area contributed by atoms with Crippen molar-refractivity contribution in [1.29, 1.82) is 0 Å². The fraction of sp³-hybridized carbons (Fsp3) is 0.208. The highest BCUT2D eigenvalue weighted by molar-refractivity contribution is 7.17. The van der Waals surface area contributed by atoms with Crippen LogP contribution >= 0.6 is 11.3 Å². The van der Waals surface area contributed by atoms with Gasteiger partial charge >= 0.3 is 0 Å². The number of carbonyl (C=O) groups excluding carboxylic acids is 1. The first kappa shape index (κ1) is 20.0. The largest absolute Gasteiger partial charge is 0.348 e. The van der Waals surface area contributed by atoms with E-state index in [2.05, 4.69) is 17.2 Å². The molecule has 0 fully saturated rings. The number of hydrogen-bond acceptors (Lipinski definition) is 4. The molecule has 2 aromatic carbocycles. The molecule has 0 saturated carbocycles. The zero-order chi connectivity index (χ0) is 20.9. The number of amides is 1. The van der Waals surface area contributed by atoms with Crippen LogP contribution in [0.15, 0.2) is 77.2 Å². The molecule has 1 amide bonds. The van der Waals surface area contributed by atoms with Gasteiger partial charge in [0.15, 0.2) is 0 Å². The maximum atomic E-state index is 13.2. The Balaban J connectivity index is 1.60. The summed E-state index contributed by atoms with van der Waals surface area (Å²) in [5.41, 5.74) is 2.70. The molecule has 4 rings (SSSR count). The monoisotopic (exact) mass is 417 g/mol. The van der Waals surface area contributed by atoms with Gasteiger partial charge in [-0.2, -0.15) is 0 Å². The van der Waals surface area contributed by atoms with Crippen molar-refractivity contribution in [3.05, 3.63) is 88.3 Å². The lowest BCUT2D eigenvalue weighted by Crippen LogP contribution is -2.34. The second kappa shape index (κ2) is 9.05. The molecule has 2 aromatic heterocycles. The van der Waals surface area contributed by atoms with Gasteiger partial charge in [0.05, 0.1) is 17.8 Å². The predicted molar refractivity (Wildman–Crippen MR) is 122 cm³/mol. The van der Waals surface area contributed by atoms with Gasteiger partial charge in [-0.1, -0.05) is 74.0 Å². The molecule has 5 nitrogen and oxygen atoms in total. The molecule has 1 unspecified atom stereocenters. The van der Waals surface area contributed by atoms with E-state index in [0.717, 1.165) is 29.5 Å². The van der Waals surface area contributed by atoms with Crippen molar-refractivity contribution < 1.29 is 4.79 Å². The van der Waals surface area contributed by atoms with E-state index in [1.807, 2.05) is 66.0 Å². The number of rotatable bonds is 7. The molecule has 4 aromatic rings. The Hall–Kier alpha value is -3.25. The first-order valence-electron chi connectivity index (χ1n) is 10.0. The molecule has 0 aliphatic carbocycles. The molecule has 0 spiro atoms. The van der Waals surface area contributed by atoms with Crippen LogP contribution in [0.4, 0.5) is 0 Å². The number of nitrogens with one attached hydrogen (secondary N) is 1. The highest BCUT2D eigenvalue weighted by Gasteiger charge is 2.17. The lowest BCUT2D eigenvalue weighted by molar-refractivity contribution is -0.122. The van der Waals surface area contributed by atoms with Gasteiger partial charge in [0.25, 0.3) is 5.56 Å². The topological polar surface area (TPSA) is 64.0 Å². The summed E-state index contributed by atoms with van der Waals surface area (Å²) < 4.78 is 1.39. The van der Waals surface area contributed by atoms with Crippen LogP contribution in [0, 0.1) is 0 Å². The zero-order valence-corrected chi connectivity index (χ0v) is 17.6. The van der Waals surface area contributed by atoms with E-state index < -0.39 is 0 Å². The fourth-order valence-corrected chi connectivity index (χ4v) is 4.51. The van der Waals surface area contributed by atoms with E-state index in [-0.39, 0.29) is 24.1 Å². The number of aromatic nitrogens is 2. The molecule has 6 heteroatoms. The summed E-state index contributed by atoms with van der Waals surface area (Å²) in [6.07, 6.45) is 3.25. The summed E-state index contributed by atoms with van der Waals surface area (Å²) in [5.74, 6) is -0.197. The van der Waals surface area contributed by atoms with Crippen molar-refractivity contribution in [3.8, 4) is 11.1 Å². The third-order valence-electron chi connectivity index (χ3n) is 5.07. The van der Waals surface area contributed by atoms with E-state index in [1.54, 1.807) is 0 Å². The molecule has 30 heavy (non-hydrogen) atoms. The molecular weight excluding hydrogens is 394 g/mol. The van der Waals surface area contributed by atoms with E-state index in [4.69, 9.17) is 0 Å². The Morgan fingerprint density at radius 3 is 2.50 bits per heavy atom. The first-order valence-corrected chi connectivity index (χ1v) is 10.9. The van der Waals surface area contributed by atoms with Crippen LogP contribution in [0.5, 0.6) is 0 Å². The Morgan fingerprint density at radius 2 is 1.80 bits per heavy atom. The van der Waals surface area contributed by atoms with Crippen LogP contribution in [-0.4, -0.2) is 15.5 Å². The minimum absolute atomic E-state index is 0.0566. The van der Waals surface area contributed by atoms with E-state index in [0.29, 0.717) is 10.2 Å². The Kier molecular flexibility index (Phi) is 6.05. The average Bonchev–Trinajstić information content (AvgIpc) is 3.22. The SMILES string of the molecule is CCCC(NC(=O)Cn1cnc2scc(-c3ccccc3)c2c1=O)c1ccccc1. The van der Waals surface area contributed by atoms with Gasteiger partial charge in [0, 0.05) is 10.9 Å². The molecule has 0 bridgehead atoms. The minimum Gasteiger partial charge on any atom is -0.348 e. The highest BCUT2D eigenvalue weighted by atomic mass is 32.1. The normalized spacial score (nSPS) is 12.0. The van der Waals surface area contributed by atoms with Gasteiger partial charge in [-0.15, -0.1) is 11.3 Å². The second-order valence-electron chi connectivity index (χ2n) is 7.19. The van der Waals surface area contributed by atoms with Crippen LogP contribution < -0.4 is 10.9 Å². The molecule has 1 atom stereocenters. The van der Waals surface area contributed by atoms with Crippen LogP contribution in [0.1, 0.15) is 31.4 Å². The number of fused-ring (bicyclic) bond motifs is 1. The third-order valence-corrected chi connectivity index (χ3v) is 5.96. The molecule has 0 aliphatic heterocycles. The standard InChI is InChI=1S/C24H23N3O2S/c1-2-9-20(18-12-7-4-8-13-18)26-21(28)14-27-16-25-23-22(24(27)29)19(15-30-23)17-10-5-3-6-11-17/h3-8,10-13,15-16,20H,2,9,14H2,1H3,(H,26,28). The van der Waals surface area contributed by atoms with Gasteiger partial charge in [0.2, 0.25) is 5.91 Å². The summed E-state index contributed by atoms with van der Waals surface area (Å²) >= 11 is 1.44. The van der Waals surface area contributed by atoms with Crippen molar-refractivity contribution in [3.63, 3.8) is 0 Å². The van der Waals surface area contributed by atoms with E-state index in [9.17, 15) is 9.59 Å². The third kappa shape index (κ3) is 4.19. The summed E-state index contributed by atoms with van der Waals surface area (Å²) in [5, 5.41) is 5.59. The number of carbonyl (C=O) groups is 1. The number of hydrogen-bond donors (Lipinski definition) is 1. The summed E-state index contributed by atoms with van der Waals surface area (Å²) in [4.78, 5) is 31.0. The average molecular weight is 418 g/mol. The van der Waals surface area contributed by atoms with Crippen molar-refractivity contribution in [2.45, 2.75) is 32.4 Å². The molecule has 0 saturated heterocycles. The van der Waals surface area contributed by atoms with Gasteiger partial charge in [-0.05, 0) is 17.5 Å². The molecule has 2 heterocycles. The van der Waals surface area contributed by atoms with Gasteiger partial charge < -0.3 is 5.32 Å². The number of thiophene rings is 1. The van der Waals surface area contributed by atoms with E-state index >= 15 is 0 Å². The summed E-state index contributed by atoms with van der Waals surface area (Å²) in [7, 11) is 0. The molecule has 152 valence electrons. The Bertz CT molecular complexity index is 1200. The first-order chi connectivity index (χ1) is 14.7. The second-order valence-corrected chi connectivity index (χ2v) is 8.05. The summed E-state index contributed by atoms with van der Waals surface area (Å²) in [6, 6.07) is 19.6. The van der Waals surface area contributed by atoms with Gasteiger partial charge in [-0.3, -0.25) is 14.2 Å². The molecule has 1 N–H and O–H groups in total. The molecule has 0 radical (unpaired) electrons. The summed E-state index contributed by atoms with van der Waals surface area (Å²) in [6.45, 7) is 2.03. The fourth-order valence-electron chi connectivity index (χ4n) is 3.60.